The predicted octanol–water partition coefficient (Wildman–Crippen LogP) is 1.64. The minimum absolute atomic E-state index is 0.0391. The lowest BCUT2D eigenvalue weighted by Gasteiger charge is -2.12. The van der Waals surface area contributed by atoms with Crippen LogP contribution in [0.2, 0.25) is 0 Å². The molecule has 2 amide bonds. The Bertz CT molecular complexity index is 962. The lowest BCUT2D eigenvalue weighted by Crippen LogP contribution is -2.33. The van der Waals surface area contributed by atoms with E-state index in [0.29, 0.717) is 10.8 Å². The van der Waals surface area contributed by atoms with Gasteiger partial charge in [0.05, 0.1) is 23.1 Å². The molecule has 0 radical (unpaired) electrons. The lowest BCUT2D eigenvalue weighted by molar-refractivity contribution is -0.0588. The predicted molar refractivity (Wildman–Crippen MR) is 83.7 cm³/mol. The third kappa shape index (κ3) is 2.45. The number of carbonyl (C=O) groups excluding carboxylic acids is 3. The van der Waals surface area contributed by atoms with Crippen molar-refractivity contribution in [1.82, 2.24) is 19.6 Å². The highest BCUT2D eigenvalue weighted by Gasteiger charge is 2.38. The van der Waals surface area contributed by atoms with Gasteiger partial charge in [0.1, 0.15) is 0 Å². The fourth-order valence-electron chi connectivity index (χ4n) is 2.48. The molecule has 8 heteroatoms. The molecule has 0 bridgehead atoms. The summed E-state index contributed by atoms with van der Waals surface area (Å²) in [5.41, 5.74) is 0.991. The fourth-order valence-corrected chi connectivity index (χ4v) is 2.48. The summed E-state index contributed by atoms with van der Waals surface area (Å²) in [5.74, 6) is -2.27. The summed E-state index contributed by atoms with van der Waals surface area (Å²) in [4.78, 5) is 49.6. The maximum atomic E-state index is 12.3. The summed E-state index contributed by atoms with van der Waals surface area (Å²) in [6.07, 6.45) is 6.29. The van der Waals surface area contributed by atoms with E-state index in [1.54, 1.807) is 41.5 Å². The van der Waals surface area contributed by atoms with Crippen LogP contribution in [0.4, 0.5) is 0 Å². The largest absolute Gasteiger partial charge is 0.382 e. The Morgan fingerprint density at radius 3 is 2.36 bits per heavy atom. The van der Waals surface area contributed by atoms with Gasteiger partial charge in [0.15, 0.2) is 5.69 Å². The molecule has 0 N–H and O–H groups in total. The molecule has 0 aliphatic carbocycles. The minimum atomic E-state index is -0.906. The van der Waals surface area contributed by atoms with Gasteiger partial charge in [0, 0.05) is 18.6 Å². The first-order chi connectivity index (χ1) is 12.1. The highest BCUT2D eigenvalue weighted by atomic mass is 16.7. The van der Waals surface area contributed by atoms with Crippen molar-refractivity contribution < 1.29 is 19.2 Å². The number of pyridine rings is 1. The van der Waals surface area contributed by atoms with Crippen LogP contribution in [0, 0.1) is 0 Å². The van der Waals surface area contributed by atoms with Crippen molar-refractivity contribution in [3.8, 4) is 5.69 Å². The van der Waals surface area contributed by atoms with E-state index in [0.717, 1.165) is 0 Å². The highest BCUT2D eigenvalue weighted by Crippen LogP contribution is 2.23. The summed E-state index contributed by atoms with van der Waals surface area (Å²) in [6, 6.07) is 9.42. The van der Waals surface area contributed by atoms with Crippen LogP contribution >= 0.6 is 0 Å². The second-order valence-corrected chi connectivity index (χ2v) is 5.20. The zero-order chi connectivity index (χ0) is 17.4. The lowest BCUT2D eigenvalue weighted by atomic mass is 10.1. The first-order valence-electron chi connectivity index (χ1n) is 7.29. The number of imidazole rings is 1. The SMILES string of the molecule is O=C(ON1C(=O)c2ccccc2C1=O)c1cc(-n2ccnc2)ccn1. The van der Waals surface area contributed by atoms with Crippen molar-refractivity contribution in [1.29, 1.82) is 0 Å². The molecular formula is C17H10N4O4. The molecule has 1 aromatic carbocycles. The van der Waals surface area contributed by atoms with E-state index in [9.17, 15) is 14.4 Å². The molecule has 4 rings (SSSR count). The molecule has 1 aliphatic heterocycles. The number of fused-ring (bicyclic) bond motifs is 1. The molecule has 2 aromatic heterocycles. The summed E-state index contributed by atoms with van der Waals surface area (Å²) in [7, 11) is 0. The molecule has 0 saturated heterocycles. The number of hydroxylamine groups is 2. The van der Waals surface area contributed by atoms with Crippen LogP contribution < -0.4 is 0 Å². The van der Waals surface area contributed by atoms with E-state index >= 15 is 0 Å². The number of hydrogen-bond donors (Lipinski definition) is 0. The molecule has 3 aromatic rings. The van der Waals surface area contributed by atoms with Gasteiger partial charge in [-0.05, 0) is 24.3 Å². The average molecular weight is 334 g/mol. The van der Waals surface area contributed by atoms with E-state index in [-0.39, 0.29) is 16.8 Å². The molecule has 0 atom stereocenters. The number of carbonyl (C=O) groups is 3. The third-order valence-corrected chi connectivity index (χ3v) is 3.69. The second-order valence-electron chi connectivity index (χ2n) is 5.20. The zero-order valence-corrected chi connectivity index (χ0v) is 12.7. The Morgan fingerprint density at radius 2 is 1.72 bits per heavy atom. The minimum Gasteiger partial charge on any atom is -0.323 e. The van der Waals surface area contributed by atoms with E-state index in [2.05, 4.69) is 9.97 Å². The monoisotopic (exact) mass is 334 g/mol. The molecule has 0 spiro atoms. The topological polar surface area (TPSA) is 94.4 Å². The van der Waals surface area contributed by atoms with Crippen molar-refractivity contribution in [3.63, 3.8) is 0 Å². The van der Waals surface area contributed by atoms with Crippen molar-refractivity contribution in [2.75, 3.05) is 0 Å². The molecule has 1 aliphatic rings. The van der Waals surface area contributed by atoms with Crippen molar-refractivity contribution >= 4 is 17.8 Å². The van der Waals surface area contributed by atoms with Crippen LogP contribution in [0.5, 0.6) is 0 Å². The van der Waals surface area contributed by atoms with Gasteiger partial charge in [0.2, 0.25) is 0 Å². The maximum absolute atomic E-state index is 12.3. The number of amides is 2. The Kier molecular flexibility index (Phi) is 3.35. The molecule has 25 heavy (non-hydrogen) atoms. The molecule has 8 nitrogen and oxygen atoms in total. The summed E-state index contributed by atoms with van der Waals surface area (Å²) in [6.45, 7) is 0. The normalized spacial score (nSPS) is 13.0. The Labute approximate surface area is 141 Å². The van der Waals surface area contributed by atoms with E-state index < -0.39 is 17.8 Å². The van der Waals surface area contributed by atoms with Gasteiger partial charge in [-0.25, -0.2) is 14.8 Å². The number of aromatic nitrogens is 3. The first-order valence-corrected chi connectivity index (χ1v) is 7.29. The number of imide groups is 1. The Morgan fingerprint density at radius 1 is 1.00 bits per heavy atom. The van der Waals surface area contributed by atoms with Crippen LogP contribution in [0.15, 0.2) is 61.3 Å². The molecule has 0 fully saturated rings. The number of rotatable bonds is 3. The third-order valence-electron chi connectivity index (χ3n) is 3.69. The maximum Gasteiger partial charge on any atom is 0.382 e. The van der Waals surface area contributed by atoms with Crippen LogP contribution in [-0.4, -0.2) is 37.4 Å². The average Bonchev–Trinajstić information content (AvgIpc) is 3.26. The van der Waals surface area contributed by atoms with Gasteiger partial charge in [-0.15, -0.1) is 0 Å². The van der Waals surface area contributed by atoms with Crippen LogP contribution in [-0.2, 0) is 4.84 Å². The highest BCUT2D eigenvalue weighted by molar-refractivity contribution is 6.21. The molecule has 122 valence electrons. The quantitative estimate of drug-likeness (QED) is 0.676. The Balaban J connectivity index is 1.58. The fraction of sp³-hybridized carbons (Fsp3) is 0. The van der Waals surface area contributed by atoms with Gasteiger partial charge in [-0.3, -0.25) is 9.59 Å². The van der Waals surface area contributed by atoms with E-state index in [4.69, 9.17) is 4.84 Å². The Hall–Kier alpha value is -3.81. The summed E-state index contributed by atoms with van der Waals surface area (Å²) < 4.78 is 1.68. The molecule has 0 saturated carbocycles. The van der Waals surface area contributed by atoms with Gasteiger partial charge in [0.25, 0.3) is 11.8 Å². The van der Waals surface area contributed by atoms with Crippen molar-refractivity contribution in [3.05, 3.63) is 78.1 Å². The smallest absolute Gasteiger partial charge is 0.323 e. The molecule has 3 heterocycles. The zero-order valence-electron chi connectivity index (χ0n) is 12.7. The van der Waals surface area contributed by atoms with E-state index in [1.165, 1.54) is 24.4 Å². The molecular weight excluding hydrogens is 324 g/mol. The van der Waals surface area contributed by atoms with Crippen molar-refractivity contribution in [2.45, 2.75) is 0 Å². The van der Waals surface area contributed by atoms with Gasteiger partial charge in [-0.2, -0.15) is 0 Å². The summed E-state index contributed by atoms with van der Waals surface area (Å²) >= 11 is 0. The second kappa shape index (κ2) is 5.68. The first kappa shape index (κ1) is 14.8. The number of benzene rings is 1. The van der Waals surface area contributed by atoms with Crippen molar-refractivity contribution in [2.24, 2.45) is 0 Å². The van der Waals surface area contributed by atoms with Crippen LogP contribution in [0.25, 0.3) is 5.69 Å². The number of hydrogen-bond acceptors (Lipinski definition) is 6. The van der Waals surface area contributed by atoms with Crippen LogP contribution in [0.1, 0.15) is 31.2 Å². The standard InChI is InChI=1S/C17H10N4O4/c22-15-12-3-1-2-4-13(12)16(23)21(15)25-17(24)14-9-11(5-6-19-14)20-8-7-18-10-20/h1-10H. The van der Waals surface area contributed by atoms with Gasteiger partial charge >= 0.3 is 5.97 Å². The number of nitrogens with zero attached hydrogens (tertiary/aromatic N) is 4. The van der Waals surface area contributed by atoms with E-state index in [1.807, 2.05) is 0 Å². The van der Waals surface area contributed by atoms with Gasteiger partial charge < -0.3 is 9.40 Å². The summed E-state index contributed by atoms with van der Waals surface area (Å²) in [5, 5.41) is 0.457. The van der Waals surface area contributed by atoms with Gasteiger partial charge in [-0.1, -0.05) is 17.2 Å². The molecule has 0 unspecified atom stereocenters. The van der Waals surface area contributed by atoms with Crippen LogP contribution in [0.3, 0.4) is 0 Å².